The molecule has 2 aromatic carbocycles. The normalized spacial score (nSPS) is 11.1. The number of nitro benzene ring substituents is 1. The van der Waals surface area contributed by atoms with E-state index in [1.807, 2.05) is 18.4 Å². The highest BCUT2D eigenvalue weighted by atomic mass is 35.5. The standard InChI is InChI=1S/C19H13ClN4O2S/c1-12-2-5-15(20)8-17(12)22-10-14(9-21)19-23-18(11-27-19)13-3-6-16(7-4-13)24(25)26/h2-8,10-11,22H,1H3/b14-10+. The van der Waals surface area contributed by atoms with Crippen LogP contribution in [0.1, 0.15) is 10.6 Å². The number of aromatic nitrogens is 1. The Kier molecular flexibility index (Phi) is 5.50. The molecular weight excluding hydrogens is 384 g/mol. The predicted octanol–water partition coefficient (Wildman–Crippen LogP) is 5.66. The lowest BCUT2D eigenvalue weighted by atomic mass is 10.1. The number of nitrogens with one attached hydrogen (secondary N) is 1. The Balaban J connectivity index is 1.84. The molecule has 3 rings (SSSR count). The van der Waals surface area contributed by atoms with Gasteiger partial charge in [-0.25, -0.2) is 4.98 Å². The van der Waals surface area contributed by atoms with E-state index in [0.29, 0.717) is 21.3 Å². The Hall–Kier alpha value is -3.21. The predicted molar refractivity (Wildman–Crippen MR) is 108 cm³/mol. The molecule has 0 spiro atoms. The van der Waals surface area contributed by atoms with E-state index in [1.165, 1.54) is 23.5 Å². The summed E-state index contributed by atoms with van der Waals surface area (Å²) < 4.78 is 0. The molecule has 1 aromatic heterocycles. The van der Waals surface area contributed by atoms with E-state index in [1.54, 1.807) is 30.5 Å². The van der Waals surface area contributed by atoms with Crippen LogP contribution in [0.4, 0.5) is 11.4 Å². The Morgan fingerprint density at radius 3 is 2.74 bits per heavy atom. The number of allylic oxidation sites excluding steroid dienone is 1. The quantitative estimate of drug-likeness (QED) is 0.341. The van der Waals surface area contributed by atoms with Gasteiger partial charge in [0, 0.05) is 40.0 Å². The van der Waals surface area contributed by atoms with Crippen LogP contribution < -0.4 is 5.32 Å². The lowest BCUT2D eigenvalue weighted by molar-refractivity contribution is -0.384. The molecule has 8 heteroatoms. The summed E-state index contributed by atoms with van der Waals surface area (Å²) in [5.41, 5.74) is 3.62. The van der Waals surface area contributed by atoms with E-state index in [-0.39, 0.29) is 5.69 Å². The average Bonchev–Trinajstić information content (AvgIpc) is 3.15. The van der Waals surface area contributed by atoms with Crippen molar-refractivity contribution in [1.29, 1.82) is 5.26 Å². The van der Waals surface area contributed by atoms with Crippen LogP contribution in [-0.2, 0) is 0 Å². The fraction of sp³-hybridized carbons (Fsp3) is 0.0526. The van der Waals surface area contributed by atoms with E-state index >= 15 is 0 Å². The van der Waals surface area contributed by atoms with E-state index in [4.69, 9.17) is 11.6 Å². The van der Waals surface area contributed by atoms with Crippen molar-refractivity contribution in [2.24, 2.45) is 0 Å². The molecule has 6 nitrogen and oxygen atoms in total. The summed E-state index contributed by atoms with van der Waals surface area (Å²) in [5.74, 6) is 0. The van der Waals surface area contributed by atoms with Gasteiger partial charge in [0.15, 0.2) is 0 Å². The average molecular weight is 397 g/mol. The summed E-state index contributed by atoms with van der Waals surface area (Å²) in [5, 5.41) is 26.3. The van der Waals surface area contributed by atoms with Crippen molar-refractivity contribution in [3.8, 4) is 17.3 Å². The summed E-state index contributed by atoms with van der Waals surface area (Å²) >= 11 is 7.33. The summed E-state index contributed by atoms with van der Waals surface area (Å²) in [4.78, 5) is 14.8. The van der Waals surface area contributed by atoms with Crippen LogP contribution in [0.15, 0.2) is 54.0 Å². The number of thiazole rings is 1. The highest BCUT2D eigenvalue weighted by molar-refractivity contribution is 7.11. The monoisotopic (exact) mass is 396 g/mol. The lowest BCUT2D eigenvalue weighted by Crippen LogP contribution is -1.93. The highest BCUT2D eigenvalue weighted by Crippen LogP contribution is 2.28. The van der Waals surface area contributed by atoms with Crippen molar-refractivity contribution >= 4 is 39.9 Å². The molecule has 0 fully saturated rings. The number of anilines is 1. The molecule has 0 bridgehead atoms. The van der Waals surface area contributed by atoms with Gasteiger partial charge in [0.1, 0.15) is 16.6 Å². The van der Waals surface area contributed by atoms with Crippen molar-refractivity contribution in [1.82, 2.24) is 4.98 Å². The number of non-ortho nitro benzene ring substituents is 1. The molecule has 0 radical (unpaired) electrons. The second-order valence-corrected chi connectivity index (χ2v) is 6.91. The van der Waals surface area contributed by atoms with E-state index in [9.17, 15) is 15.4 Å². The first kappa shape index (κ1) is 18.6. The molecule has 27 heavy (non-hydrogen) atoms. The first-order chi connectivity index (χ1) is 13.0. The molecule has 0 aliphatic heterocycles. The molecule has 0 saturated heterocycles. The molecule has 134 valence electrons. The zero-order valence-electron chi connectivity index (χ0n) is 14.1. The first-order valence-electron chi connectivity index (χ1n) is 7.81. The third-order valence-electron chi connectivity index (χ3n) is 3.80. The van der Waals surface area contributed by atoms with Gasteiger partial charge in [0.05, 0.1) is 10.6 Å². The van der Waals surface area contributed by atoms with Gasteiger partial charge in [0.2, 0.25) is 0 Å². The van der Waals surface area contributed by atoms with Gasteiger partial charge >= 0.3 is 0 Å². The summed E-state index contributed by atoms with van der Waals surface area (Å²) in [6.07, 6.45) is 1.59. The molecular formula is C19H13ClN4O2S. The maximum absolute atomic E-state index is 10.7. The van der Waals surface area contributed by atoms with E-state index in [2.05, 4.69) is 16.4 Å². The van der Waals surface area contributed by atoms with Crippen LogP contribution in [0.5, 0.6) is 0 Å². The smallest absolute Gasteiger partial charge is 0.269 e. The molecule has 1 N–H and O–H groups in total. The minimum Gasteiger partial charge on any atom is -0.360 e. The molecule has 3 aromatic rings. The SMILES string of the molecule is Cc1ccc(Cl)cc1N/C=C(\C#N)c1nc(-c2ccc([N+](=O)[O-])cc2)cs1. The number of hydrogen-bond acceptors (Lipinski definition) is 6. The highest BCUT2D eigenvalue weighted by Gasteiger charge is 2.11. The zero-order valence-corrected chi connectivity index (χ0v) is 15.7. The Morgan fingerprint density at radius 2 is 2.07 bits per heavy atom. The Bertz CT molecular complexity index is 1070. The fourth-order valence-electron chi connectivity index (χ4n) is 2.33. The van der Waals surface area contributed by atoms with Crippen molar-refractivity contribution in [3.63, 3.8) is 0 Å². The molecule has 0 amide bonds. The Morgan fingerprint density at radius 1 is 1.33 bits per heavy atom. The lowest BCUT2D eigenvalue weighted by Gasteiger charge is -2.06. The molecule has 0 unspecified atom stereocenters. The van der Waals surface area contributed by atoms with E-state index < -0.39 is 4.92 Å². The number of aryl methyl sites for hydroxylation is 1. The van der Waals surface area contributed by atoms with Gasteiger partial charge in [-0.1, -0.05) is 17.7 Å². The number of nitrogens with zero attached hydrogens (tertiary/aromatic N) is 3. The van der Waals surface area contributed by atoms with Gasteiger partial charge < -0.3 is 5.32 Å². The van der Waals surface area contributed by atoms with Crippen LogP contribution in [0.2, 0.25) is 5.02 Å². The number of halogens is 1. The van der Waals surface area contributed by atoms with Gasteiger partial charge in [-0.05, 0) is 36.8 Å². The molecule has 0 aliphatic carbocycles. The topological polar surface area (TPSA) is 91.8 Å². The summed E-state index contributed by atoms with van der Waals surface area (Å²) in [6.45, 7) is 1.94. The molecule has 1 heterocycles. The third kappa shape index (κ3) is 4.31. The largest absolute Gasteiger partial charge is 0.360 e. The van der Waals surface area contributed by atoms with Gasteiger partial charge in [-0.3, -0.25) is 10.1 Å². The van der Waals surface area contributed by atoms with Crippen molar-refractivity contribution in [2.45, 2.75) is 6.92 Å². The maximum Gasteiger partial charge on any atom is 0.269 e. The van der Waals surface area contributed by atoms with Crippen molar-refractivity contribution in [2.75, 3.05) is 5.32 Å². The van der Waals surface area contributed by atoms with Crippen LogP contribution in [0, 0.1) is 28.4 Å². The first-order valence-corrected chi connectivity index (χ1v) is 9.07. The minimum absolute atomic E-state index is 0.0212. The number of nitriles is 1. The van der Waals surface area contributed by atoms with Gasteiger partial charge in [-0.15, -0.1) is 11.3 Å². The van der Waals surface area contributed by atoms with Crippen LogP contribution >= 0.6 is 22.9 Å². The fourth-order valence-corrected chi connectivity index (χ4v) is 3.29. The minimum atomic E-state index is -0.448. The number of rotatable bonds is 5. The van der Waals surface area contributed by atoms with Gasteiger partial charge in [0.25, 0.3) is 5.69 Å². The third-order valence-corrected chi connectivity index (χ3v) is 4.91. The maximum atomic E-state index is 10.7. The second-order valence-electron chi connectivity index (χ2n) is 5.62. The molecule has 0 atom stereocenters. The molecule has 0 saturated carbocycles. The Labute approximate surface area is 164 Å². The van der Waals surface area contributed by atoms with Crippen molar-refractivity contribution in [3.05, 3.63) is 79.8 Å². The number of nitro groups is 1. The van der Waals surface area contributed by atoms with Crippen LogP contribution in [0.3, 0.4) is 0 Å². The number of benzene rings is 2. The van der Waals surface area contributed by atoms with Crippen LogP contribution in [0.25, 0.3) is 16.8 Å². The zero-order chi connectivity index (χ0) is 19.4. The van der Waals surface area contributed by atoms with Crippen molar-refractivity contribution < 1.29 is 4.92 Å². The summed E-state index contributed by atoms with van der Waals surface area (Å²) in [6, 6.07) is 13.7. The summed E-state index contributed by atoms with van der Waals surface area (Å²) in [7, 11) is 0. The molecule has 0 aliphatic rings. The number of hydrogen-bond donors (Lipinski definition) is 1. The van der Waals surface area contributed by atoms with E-state index in [0.717, 1.165) is 16.8 Å². The van der Waals surface area contributed by atoms with Crippen LogP contribution in [-0.4, -0.2) is 9.91 Å². The second kappa shape index (κ2) is 7.99. The van der Waals surface area contributed by atoms with Gasteiger partial charge in [-0.2, -0.15) is 5.26 Å².